The van der Waals surface area contributed by atoms with Crippen LogP contribution in [0.25, 0.3) is 0 Å². The van der Waals surface area contributed by atoms with E-state index in [4.69, 9.17) is 21.1 Å². The Labute approximate surface area is 129 Å². The first-order chi connectivity index (χ1) is 9.96. The van der Waals surface area contributed by atoms with Gasteiger partial charge >= 0.3 is 0 Å². The van der Waals surface area contributed by atoms with Crippen molar-refractivity contribution in [1.29, 1.82) is 0 Å². The monoisotopic (exact) mass is 310 g/mol. The number of halogens is 1. The van der Waals surface area contributed by atoms with Crippen molar-refractivity contribution in [3.05, 3.63) is 40.2 Å². The fourth-order valence-electron chi connectivity index (χ4n) is 2.22. The summed E-state index contributed by atoms with van der Waals surface area (Å²) in [7, 11) is 4.96. The summed E-state index contributed by atoms with van der Waals surface area (Å²) in [5.74, 6) is 1.27. The fourth-order valence-corrected chi connectivity index (χ4v) is 2.46. The Hall–Kier alpha value is -1.72. The third kappa shape index (κ3) is 3.31. The van der Waals surface area contributed by atoms with E-state index in [1.165, 1.54) is 0 Å². The Bertz CT molecular complexity index is 618. The maximum atomic E-state index is 10.5. The summed E-state index contributed by atoms with van der Waals surface area (Å²) in [6, 6.07) is 5.33. The molecule has 1 aromatic heterocycles. The lowest BCUT2D eigenvalue weighted by Crippen LogP contribution is -2.07. The number of ether oxygens (including phenoxy) is 2. The Kier molecular flexibility index (Phi) is 4.75. The van der Waals surface area contributed by atoms with Gasteiger partial charge in [0.05, 0.1) is 36.7 Å². The number of aliphatic hydroxyl groups excluding tert-OH is 1. The molecule has 1 atom stereocenters. The van der Waals surface area contributed by atoms with E-state index in [0.29, 0.717) is 28.5 Å². The highest BCUT2D eigenvalue weighted by atomic mass is 35.5. The second-order valence-electron chi connectivity index (χ2n) is 4.84. The van der Waals surface area contributed by atoms with Gasteiger partial charge in [-0.05, 0) is 24.6 Å². The minimum Gasteiger partial charge on any atom is -0.497 e. The minimum atomic E-state index is -0.721. The van der Waals surface area contributed by atoms with Crippen LogP contribution < -0.4 is 9.47 Å². The second kappa shape index (κ2) is 6.37. The average molecular weight is 311 g/mol. The Morgan fingerprint density at radius 3 is 2.24 bits per heavy atom. The molecule has 114 valence electrons. The standard InChI is InChI=1S/C15H19ClN2O3/c1-9-15(16)13(18(2)17-9)8-14(19)10-5-11(20-3)7-12(6-10)21-4/h5-7,14,19H,8H2,1-4H3. The molecule has 0 spiro atoms. The van der Waals surface area contributed by atoms with Crippen molar-refractivity contribution in [2.75, 3.05) is 14.2 Å². The molecule has 0 saturated carbocycles. The fraction of sp³-hybridized carbons (Fsp3) is 0.400. The van der Waals surface area contributed by atoms with Crippen molar-refractivity contribution in [3.8, 4) is 11.5 Å². The molecule has 1 N–H and O–H groups in total. The highest BCUT2D eigenvalue weighted by Crippen LogP contribution is 2.30. The van der Waals surface area contributed by atoms with Crippen molar-refractivity contribution in [2.24, 2.45) is 7.05 Å². The Morgan fingerprint density at radius 1 is 1.24 bits per heavy atom. The molecular formula is C15H19ClN2O3. The van der Waals surface area contributed by atoms with E-state index < -0.39 is 6.10 Å². The topological polar surface area (TPSA) is 56.5 Å². The quantitative estimate of drug-likeness (QED) is 0.922. The van der Waals surface area contributed by atoms with Gasteiger partial charge in [0.15, 0.2) is 0 Å². The van der Waals surface area contributed by atoms with Crippen molar-refractivity contribution in [3.63, 3.8) is 0 Å². The number of methoxy groups -OCH3 is 2. The number of hydrogen-bond donors (Lipinski definition) is 1. The summed E-state index contributed by atoms with van der Waals surface area (Å²) >= 11 is 6.22. The van der Waals surface area contributed by atoms with Crippen LogP contribution in [0.4, 0.5) is 0 Å². The van der Waals surface area contributed by atoms with E-state index in [2.05, 4.69) is 5.10 Å². The molecule has 2 aromatic rings. The van der Waals surface area contributed by atoms with Gasteiger partial charge in [0, 0.05) is 19.5 Å². The Morgan fingerprint density at radius 2 is 1.81 bits per heavy atom. The van der Waals surface area contributed by atoms with Gasteiger partial charge in [-0.2, -0.15) is 5.10 Å². The lowest BCUT2D eigenvalue weighted by atomic mass is 10.0. The third-order valence-corrected chi connectivity index (χ3v) is 3.90. The van der Waals surface area contributed by atoms with E-state index in [-0.39, 0.29) is 0 Å². The molecule has 0 radical (unpaired) electrons. The third-order valence-electron chi connectivity index (χ3n) is 3.41. The number of nitrogens with zero attached hydrogens (tertiary/aromatic N) is 2. The SMILES string of the molecule is COc1cc(OC)cc(C(O)Cc2c(Cl)c(C)nn2C)c1. The zero-order chi connectivity index (χ0) is 15.6. The summed E-state index contributed by atoms with van der Waals surface area (Å²) in [6.45, 7) is 1.84. The maximum Gasteiger partial charge on any atom is 0.122 e. The average Bonchev–Trinajstić information content (AvgIpc) is 2.72. The zero-order valence-electron chi connectivity index (χ0n) is 12.6. The highest BCUT2D eigenvalue weighted by molar-refractivity contribution is 6.31. The van der Waals surface area contributed by atoms with Gasteiger partial charge in [-0.3, -0.25) is 4.68 Å². The summed E-state index contributed by atoms with van der Waals surface area (Å²) < 4.78 is 12.1. The number of aryl methyl sites for hydroxylation is 2. The van der Waals surface area contributed by atoms with Crippen LogP contribution in [-0.4, -0.2) is 29.1 Å². The summed E-state index contributed by atoms with van der Waals surface area (Å²) in [5.41, 5.74) is 2.26. The van der Waals surface area contributed by atoms with Gasteiger partial charge in [-0.15, -0.1) is 0 Å². The molecule has 0 aliphatic carbocycles. The predicted molar refractivity (Wildman–Crippen MR) is 81.2 cm³/mol. The minimum absolute atomic E-state index is 0.368. The van der Waals surface area contributed by atoms with Crippen molar-refractivity contribution in [1.82, 2.24) is 9.78 Å². The van der Waals surface area contributed by atoms with Crippen LogP contribution in [0.5, 0.6) is 11.5 Å². The van der Waals surface area contributed by atoms with E-state index >= 15 is 0 Å². The number of rotatable bonds is 5. The van der Waals surface area contributed by atoms with Crippen LogP contribution >= 0.6 is 11.6 Å². The summed E-state index contributed by atoms with van der Waals surface area (Å²) in [5, 5.41) is 15.3. The van der Waals surface area contributed by atoms with Gasteiger partial charge in [0.25, 0.3) is 0 Å². The molecule has 5 nitrogen and oxygen atoms in total. The van der Waals surface area contributed by atoms with Crippen LogP contribution in [0.3, 0.4) is 0 Å². The molecule has 0 bridgehead atoms. The molecule has 0 amide bonds. The number of benzene rings is 1. The van der Waals surface area contributed by atoms with Crippen LogP contribution in [-0.2, 0) is 13.5 Å². The first-order valence-electron chi connectivity index (χ1n) is 6.55. The van der Waals surface area contributed by atoms with Crippen LogP contribution in [0, 0.1) is 6.92 Å². The summed E-state index contributed by atoms with van der Waals surface area (Å²) in [4.78, 5) is 0. The molecule has 6 heteroatoms. The molecular weight excluding hydrogens is 292 g/mol. The van der Waals surface area contributed by atoms with Gasteiger partial charge < -0.3 is 14.6 Å². The maximum absolute atomic E-state index is 10.5. The van der Waals surface area contributed by atoms with E-state index in [9.17, 15) is 5.11 Å². The van der Waals surface area contributed by atoms with Gasteiger partial charge in [0.2, 0.25) is 0 Å². The van der Waals surface area contributed by atoms with Crippen LogP contribution in [0.1, 0.15) is 23.1 Å². The number of aromatic nitrogens is 2. The van der Waals surface area contributed by atoms with E-state index in [1.807, 2.05) is 14.0 Å². The van der Waals surface area contributed by atoms with E-state index in [0.717, 1.165) is 11.4 Å². The van der Waals surface area contributed by atoms with Gasteiger partial charge in [-0.25, -0.2) is 0 Å². The van der Waals surface area contributed by atoms with Crippen molar-refractivity contribution < 1.29 is 14.6 Å². The zero-order valence-corrected chi connectivity index (χ0v) is 13.3. The van der Waals surface area contributed by atoms with Gasteiger partial charge in [-0.1, -0.05) is 11.6 Å². The van der Waals surface area contributed by atoms with Crippen molar-refractivity contribution >= 4 is 11.6 Å². The molecule has 1 aromatic carbocycles. The normalized spacial score (nSPS) is 12.3. The van der Waals surface area contributed by atoms with Gasteiger partial charge in [0.1, 0.15) is 11.5 Å². The van der Waals surface area contributed by atoms with Crippen molar-refractivity contribution in [2.45, 2.75) is 19.4 Å². The summed E-state index contributed by atoms with van der Waals surface area (Å²) in [6.07, 6.45) is -0.353. The largest absolute Gasteiger partial charge is 0.497 e. The molecule has 0 fully saturated rings. The molecule has 0 aliphatic heterocycles. The second-order valence-corrected chi connectivity index (χ2v) is 5.21. The lowest BCUT2D eigenvalue weighted by molar-refractivity contribution is 0.175. The number of aliphatic hydroxyl groups is 1. The highest BCUT2D eigenvalue weighted by Gasteiger charge is 2.18. The molecule has 1 heterocycles. The Balaban J connectivity index is 2.29. The van der Waals surface area contributed by atoms with Crippen LogP contribution in [0.2, 0.25) is 5.02 Å². The molecule has 2 rings (SSSR count). The lowest BCUT2D eigenvalue weighted by Gasteiger charge is -2.14. The first kappa shape index (κ1) is 15.7. The smallest absolute Gasteiger partial charge is 0.122 e. The predicted octanol–water partition coefficient (Wildman–Crippen LogP) is 2.68. The van der Waals surface area contributed by atoms with Crippen LogP contribution in [0.15, 0.2) is 18.2 Å². The number of hydrogen-bond acceptors (Lipinski definition) is 4. The molecule has 1 unspecified atom stereocenters. The van der Waals surface area contributed by atoms with E-state index in [1.54, 1.807) is 37.1 Å². The first-order valence-corrected chi connectivity index (χ1v) is 6.93. The molecule has 21 heavy (non-hydrogen) atoms. The molecule has 0 aliphatic rings. The molecule has 0 saturated heterocycles.